The Morgan fingerprint density at radius 2 is 2.37 bits per heavy atom. The van der Waals surface area contributed by atoms with E-state index in [1.54, 1.807) is 18.3 Å². The Balaban J connectivity index is 2.23. The van der Waals surface area contributed by atoms with Crippen LogP contribution in [0.5, 0.6) is 0 Å². The van der Waals surface area contributed by atoms with Gasteiger partial charge in [-0.2, -0.15) is 0 Å². The third kappa shape index (κ3) is 3.55. The molecule has 0 saturated heterocycles. The van der Waals surface area contributed by atoms with Crippen LogP contribution in [0.2, 0.25) is 0 Å². The summed E-state index contributed by atoms with van der Waals surface area (Å²) in [4.78, 5) is 4.11. The van der Waals surface area contributed by atoms with Crippen LogP contribution in [0.1, 0.15) is 32.6 Å². The van der Waals surface area contributed by atoms with Gasteiger partial charge in [0.25, 0.3) is 0 Å². The summed E-state index contributed by atoms with van der Waals surface area (Å²) in [5.41, 5.74) is -0.369. The molecule has 1 aromatic heterocycles. The molecule has 1 saturated carbocycles. The lowest BCUT2D eigenvalue weighted by Crippen LogP contribution is -2.52. The average molecular weight is 347 g/mol. The fraction of sp³-hybridized carbons (Fsp3) is 0.615. The van der Waals surface area contributed by atoms with Crippen molar-refractivity contribution in [2.45, 2.75) is 43.0 Å². The standard InChI is InChI=1S/C13H19BrN2O2S/c1-11-4-2-6-13(8-11,10-14)16-19(17,18)12-5-3-7-15-9-12/h3,5,7,9,11,16H,2,4,6,8,10H2,1H3. The second-order valence-corrected chi connectivity index (χ2v) is 7.65. The molecule has 0 aromatic carbocycles. The van der Waals surface area contributed by atoms with Gasteiger partial charge in [-0.05, 0) is 30.9 Å². The van der Waals surface area contributed by atoms with Gasteiger partial charge in [-0.15, -0.1) is 0 Å². The Labute approximate surface area is 123 Å². The van der Waals surface area contributed by atoms with E-state index in [-0.39, 0.29) is 10.4 Å². The van der Waals surface area contributed by atoms with E-state index in [0.717, 1.165) is 19.3 Å². The van der Waals surface area contributed by atoms with Crippen molar-refractivity contribution in [2.75, 3.05) is 5.33 Å². The van der Waals surface area contributed by atoms with Crippen molar-refractivity contribution >= 4 is 26.0 Å². The van der Waals surface area contributed by atoms with Crippen molar-refractivity contribution in [3.8, 4) is 0 Å². The van der Waals surface area contributed by atoms with E-state index in [4.69, 9.17) is 0 Å². The van der Waals surface area contributed by atoms with Gasteiger partial charge in [0.2, 0.25) is 10.0 Å². The summed E-state index contributed by atoms with van der Waals surface area (Å²) in [6.07, 6.45) is 6.93. The van der Waals surface area contributed by atoms with Crippen molar-refractivity contribution in [1.82, 2.24) is 9.71 Å². The van der Waals surface area contributed by atoms with E-state index in [9.17, 15) is 8.42 Å². The quantitative estimate of drug-likeness (QED) is 0.852. The molecule has 1 aliphatic carbocycles. The van der Waals surface area contributed by atoms with Crippen LogP contribution >= 0.6 is 15.9 Å². The van der Waals surface area contributed by atoms with Crippen LogP contribution in [-0.2, 0) is 10.0 Å². The van der Waals surface area contributed by atoms with Crippen LogP contribution in [0.4, 0.5) is 0 Å². The first-order chi connectivity index (χ1) is 8.97. The fourth-order valence-corrected chi connectivity index (χ4v) is 4.99. The zero-order valence-electron chi connectivity index (χ0n) is 11.0. The van der Waals surface area contributed by atoms with Crippen molar-refractivity contribution in [1.29, 1.82) is 0 Å². The molecule has 106 valence electrons. The minimum atomic E-state index is -3.50. The van der Waals surface area contributed by atoms with Crippen LogP contribution in [0.3, 0.4) is 0 Å². The normalized spacial score (nSPS) is 28.2. The molecule has 2 atom stereocenters. The zero-order chi connectivity index (χ0) is 13.9. The molecular weight excluding hydrogens is 328 g/mol. The second kappa shape index (κ2) is 5.89. The highest BCUT2D eigenvalue weighted by Crippen LogP contribution is 2.34. The van der Waals surface area contributed by atoms with Gasteiger partial charge in [0.05, 0.1) is 0 Å². The molecule has 2 unspecified atom stereocenters. The third-order valence-corrected chi connectivity index (χ3v) is 6.28. The number of aromatic nitrogens is 1. The Morgan fingerprint density at radius 3 is 2.95 bits per heavy atom. The summed E-state index contributed by atoms with van der Waals surface area (Å²) in [5.74, 6) is 0.544. The summed E-state index contributed by atoms with van der Waals surface area (Å²) in [6, 6.07) is 3.21. The predicted octanol–water partition coefficient (Wildman–Crippen LogP) is 2.70. The highest BCUT2D eigenvalue weighted by Gasteiger charge is 2.37. The molecule has 2 rings (SSSR count). The number of nitrogens with zero attached hydrogens (tertiary/aromatic N) is 1. The number of alkyl halides is 1. The first-order valence-corrected chi connectivity index (χ1v) is 9.08. The van der Waals surface area contributed by atoms with Crippen LogP contribution < -0.4 is 4.72 Å². The number of rotatable bonds is 4. The summed E-state index contributed by atoms with van der Waals surface area (Å²) in [7, 11) is -3.50. The largest absolute Gasteiger partial charge is 0.263 e. The minimum absolute atomic E-state index is 0.230. The SMILES string of the molecule is CC1CCCC(CBr)(NS(=O)(=O)c2cccnc2)C1. The predicted molar refractivity (Wildman–Crippen MR) is 78.7 cm³/mol. The first kappa shape index (κ1) is 14.9. The maximum Gasteiger partial charge on any atom is 0.242 e. The van der Waals surface area contributed by atoms with Crippen molar-refractivity contribution in [3.05, 3.63) is 24.5 Å². The summed E-state index contributed by atoms with van der Waals surface area (Å²) < 4.78 is 27.7. The van der Waals surface area contributed by atoms with E-state index in [0.29, 0.717) is 11.2 Å². The van der Waals surface area contributed by atoms with Gasteiger partial charge >= 0.3 is 0 Å². The number of halogens is 1. The molecule has 19 heavy (non-hydrogen) atoms. The minimum Gasteiger partial charge on any atom is -0.263 e. The molecule has 0 spiro atoms. The van der Waals surface area contributed by atoms with Gasteiger partial charge in [0.1, 0.15) is 4.90 Å². The highest BCUT2D eigenvalue weighted by molar-refractivity contribution is 9.09. The van der Waals surface area contributed by atoms with Crippen molar-refractivity contribution < 1.29 is 8.42 Å². The number of pyridine rings is 1. The molecule has 0 bridgehead atoms. The molecule has 1 aliphatic rings. The summed E-state index contributed by atoms with van der Waals surface area (Å²) in [5, 5.41) is 0.643. The van der Waals surface area contributed by atoms with Crippen LogP contribution in [0, 0.1) is 5.92 Å². The molecular formula is C13H19BrN2O2S. The highest BCUT2D eigenvalue weighted by atomic mass is 79.9. The lowest BCUT2D eigenvalue weighted by Gasteiger charge is -2.39. The molecule has 0 amide bonds. The molecule has 6 heteroatoms. The van der Waals surface area contributed by atoms with Crippen LogP contribution in [0.25, 0.3) is 0 Å². The van der Waals surface area contributed by atoms with Gasteiger partial charge in [-0.1, -0.05) is 35.7 Å². The molecule has 0 radical (unpaired) electrons. The van der Waals surface area contributed by atoms with Crippen LogP contribution in [0.15, 0.2) is 29.4 Å². The summed E-state index contributed by atoms with van der Waals surface area (Å²) >= 11 is 3.48. The molecule has 0 aliphatic heterocycles. The monoisotopic (exact) mass is 346 g/mol. The Morgan fingerprint density at radius 1 is 1.58 bits per heavy atom. The lowest BCUT2D eigenvalue weighted by molar-refractivity contribution is 0.241. The molecule has 1 N–H and O–H groups in total. The molecule has 1 aromatic rings. The number of hydrogen-bond acceptors (Lipinski definition) is 3. The molecule has 1 fully saturated rings. The van der Waals surface area contributed by atoms with Gasteiger partial charge in [0, 0.05) is 23.3 Å². The average Bonchev–Trinajstić information content (AvgIpc) is 2.39. The van der Waals surface area contributed by atoms with Gasteiger partial charge in [-0.3, -0.25) is 4.98 Å². The number of hydrogen-bond donors (Lipinski definition) is 1. The number of sulfonamides is 1. The van der Waals surface area contributed by atoms with E-state index in [1.165, 1.54) is 12.6 Å². The number of nitrogens with one attached hydrogen (secondary N) is 1. The van der Waals surface area contributed by atoms with E-state index < -0.39 is 10.0 Å². The van der Waals surface area contributed by atoms with Crippen molar-refractivity contribution in [3.63, 3.8) is 0 Å². The maximum atomic E-state index is 12.4. The van der Waals surface area contributed by atoms with Gasteiger partial charge < -0.3 is 0 Å². The smallest absolute Gasteiger partial charge is 0.242 e. The first-order valence-electron chi connectivity index (χ1n) is 6.47. The zero-order valence-corrected chi connectivity index (χ0v) is 13.4. The van der Waals surface area contributed by atoms with Gasteiger partial charge in [-0.25, -0.2) is 13.1 Å². The van der Waals surface area contributed by atoms with Crippen LogP contribution in [-0.4, -0.2) is 24.3 Å². The van der Waals surface area contributed by atoms with E-state index >= 15 is 0 Å². The maximum absolute atomic E-state index is 12.4. The molecule has 1 heterocycles. The van der Waals surface area contributed by atoms with E-state index in [2.05, 4.69) is 32.6 Å². The Kier molecular flexibility index (Phi) is 4.63. The Hall–Kier alpha value is -0.460. The molecule has 4 nitrogen and oxygen atoms in total. The third-order valence-electron chi connectivity index (χ3n) is 3.64. The second-order valence-electron chi connectivity index (χ2n) is 5.41. The van der Waals surface area contributed by atoms with Gasteiger partial charge in [0.15, 0.2) is 0 Å². The fourth-order valence-electron chi connectivity index (χ4n) is 2.75. The Bertz CT molecular complexity index is 521. The summed E-state index contributed by atoms with van der Waals surface area (Å²) in [6.45, 7) is 2.18. The lowest BCUT2D eigenvalue weighted by atomic mass is 9.78. The van der Waals surface area contributed by atoms with Crippen molar-refractivity contribution in [2.24, 2.45) is 5.92 Å². The van der Waals surface area contributed by atoms with E-state index in [1.807, 2.05) is 0 Å². The topological polar surface area (TPSA) is 59.1 Å².